The maximum atomic E-state index is 9.94. The summed E-state index contributed by atoms with van der Waals surface area (Å²) in [5.41, 5.74) is 20.8. The first-order valence-electron chi connectivity index (χ1n) is 23.5. The van der Waals surface area contributed by atoms with Gasteiger partial charge in [-0.2, -0.15) is 10.5 Å². The average Bonchev–Trinajstić information content (AvgIpc) is 4.05. The molecular formula is C64H41N5O. The van der Waals surface area contributed by atoms with E-state index in [4.69, 9.17) is 9.40 Å². The van der Waals surface area contributed by atoms with Gasteiger partial charge in [0.15, 0.2) is 0 Å². The van der Waals surface area contributed by atoms with Crippen LogP contribution in [0.4, 0.5) is 34.1 Å². The predicted molar refractivity (Wildman–Crippen MR) is 282 cm³/mol. The van der Waals surface area contributed by atoms with Gasteiger partial charge in [0, 0.05) is 51.0 Å². The van der Waals surface area contributed by atoms with Crippen molar-refractivity contribution in [2.75, 3.05) is 9.80 Å². The molecule has 0 amide bonds. The topological polar surface area (TPSA) is 80.1 Å². The molecular weight excluding hydrogens is 855 g/mol. The van der Waals surface area contributed by atoms with Crippen molar-refractivity contribution in [1.29, 1.82) is 10.5 Å². The molecule has 0 fully saturated rings. The van der Waals surface area contributed by atoms with Crippen LogP contribution in [0.25, 0.3) is 55.4 Å². The summed E-state index contributed by atoms with van der Waals surface area (Å²) in [6, 6.07) is 76.9. The molecule has 13 rings (SSSR count). The molecule has 2 aliphatic rings. The van der Waals surface area contributed by atoms with Crippen molar-refractivity contribution in [1.82, 2.24) is 4.98 Å². The fourth-order valence-corrected chi connectivity index (χ4v) is 11.2. The van der Waals surface area contributed by atoms with E-state index in [0.717, 1.165) is 123 Å². The largest absolute Gasteiger partial charge is 0.455 e. The van der Waals surface area contributed by atoms with Crippen molar-refractivity contribution >= 4 is 56.1 Å². The van der Waals surface area contributed by atoms with E-state index < -0.39 is 5.41 Å². The monoisotopic (exact) mass is 895 g/mol. The number of hydrogen-bond acceptors (Lipinski definition) is 6. The lowest BCUT2D eigenvalue weighted by atomic mass is 9.70. The second-order valence-corrected chi connectivity index (χ2v) is 18.3. The van der Waals surface area contributed by atoms with E-state index in [2.05, 4.69) is 187 Å². The summed E-state index contributed by atoms with van der Waals surface area (Å²) in [5.74, 6) is 0. The molecule has 2 heterocycles. The Morgan fingerprint density at radius 2 is 1.09 bits per heavy atom. The van der Waals surface area contributed by atoms with Crippen LogP contribution in [0.1, 0.15) is 44.5 Å². The first-order chi connectivity index (χ1) is 34.4. The number of nitriles is 2. The van der Waals surface area contributed by atoms with Crippen molar-refractivity contribution in [3.05, 3.63) is 257 Å². The minimum absolute atomic E-state index is 0.592. The highest BCUT2D eigenvalue weighted by Gasteiger charge is 2.54. The molecule has 0 radical (unpaired) electrons. The number of anilines is 6. The second kappa shape index (κ2) is 15.8. The number of rotatable bonds is 7. The molecule has 6 heteroatoms. The van der Waals surface area contributed by atoms with Crippen molar-refractivity contribution < 1.29 is 4.42 Å². The van der Waals surface area contributed by atoms with E-state index in [1.54, 1.807) is 0 Å². The summed E-state index contributed by atoms with van der Waals surface area (Å²) in [5, 5.41) is 21.9. The Hall–Kier alpha value is -9.49. The molecule has 0 aliphatic heterocycles. The molecule has 1 spiro atoms. The molecule has 0 bridgehead atoms. The summed E-state index contributed by atoms with van der Waals surface area (Å²) in [7, 11) is 0. The molecule has 2 aliphatic carbocycles. The van der Waals surface area contributed by atoms with Crippen LogP contribution in [0.2, 0.25) is 0 Å². The van der Waals surface area contributed by atoms with Crippen LogP contribution in [-0.4, -0.2) is 4.98 Å². The molecule has 0 N–H and O–H groups in total. The molecule has 6 nitrogen and oxygen atoms in total. The van der Waals surface area contributed by atoms with Gasteiger partial charge in [-0.1, -0.05) is 114 Å². The van der Waals surface area contributed by atoms with Crippen LogP contribution in [0.5, 0.6) is 0 Å². The number of aromatic nitrogens is 1. The lowest BCUT2D eigenvalue weighted by Gasteiger charge is -2.33. The van der Waals surface area contributed by atoms with Gasteiger partial charge >= 0.3 is 0 Å². The van der Waals surface area contributed by atoms with E-state index in [0.29, 0.717) is 11.1 Å². The van der Waals surface area contributed by atoms with E-state index in [9.17, 15) is 10.5 Å². The number of para-hydroxylation sites is 1. The van der Waals surface area contributed by atoms with Crippen LogP contribution >= 0.6 is 0 Å². The predicted octanol–water partition coefficient (Wildman–Crippen LogP) is 16.3. The highest BCUT2D eigenvalue weighted by Crippen LogP contribution is 2.66. The summed E-state index contributed by atoms with van der Waals surface area (Å²) < 4.78 is 7.24. The number of aryl methyl sites for hydroxylation is 2. The molecule has 1 atom stereocenters. The zero-order chi connectivity index (χ0) is 47.1. The lowest BCUT2D eigenvalue weighted by Crippen LogP contribution is -2.26. The quantitative estimate of drug-likeness (QED) is 0.159. The van der Waals surface area contributed by atoms with Crippen molar-refractivity contribution in [3.8, 4) is 45.6 Å². The highest BCUT2D eigenvalue weighted by atomic mass is 16.3. The van der Waals surface area contributed by atoms with Crippen molar-refractivity contribution in [3.63, 3.8) is 0 Å². The van der Waals surface area contributed by atoms with Crippen LogP contribution in [0, 0.1) is 36.5 Å². The van der Waals surface area contributed by atoms with Crippen LogP contribution in [-0.2, 0) is 5.41 Å². The number of nitrogens with zero attached hydrogens (tertiary/aromatic N) is 5. The van der Waals surface area contributed by atoms with Crippen LogP contribution < -0.4 is 9.80 Å². The maximum absolute atomic E-state index is 9.94. The van der Waals surface area contributed by atoms with Gasteiger partial charge < -0.3 is 14.2 Å². The molecule has 0 saturated carbocycles. The third-order valence-corrected chi connectivity index (χ3v) is 14.3. The van der Waals surface area contributed by atoms with Gasteiger partial charge in [-0.05, 0) is 150 Å². The van der Waals surface area contributed by atoms with Gasteiger partial charge in [0.25, 0.3) is 0 Å². The maximum Gasteiger partial charge on any atom is 0.145 e. The standard InChI is InChI=1S/C64H41N5O/c1-40-18-25-45(26-19-40)68(46-27-21-42(38-65)22-28-46)58-37-56-60(63-61(58)51-14-7-9-17-59(51)70-63)49-32-31-48(36-55(49)64(56)53-15-8-6-13-50(53)62-54(64)16-10-34-67-62)69(47-29-23-43(39-66)24-30-47)57-33-20-41(2)35-52(57)44-11-4-3-5-12-44/h3-37H,1-2H3. The minimum atomic E-state index is -0.835. The van der Waals surface area contributed by atoms with Gasteiger partial charge in [0.2, 0.25) is 0 Å². The van der Waals surface area contributed by atoms with Crippen molar-refractivity contribution in [2.45, 2.75) is 19.3 Å². The summed E-state index contributed by atoms with van der Waals surface area (Å²) in [6.07, 6.45) is 1.90. The third kappa shape index (κ3) is 6.01. The molecule has 0 saturated heterocycles. The van der Waals surface area contributed by atoms with Crippen LogP contribution in [0.3, 0.4) is 0 Å². The van der Waals surface area contributed by atoms with E-state index in [-0.39, 0.29) is 0 Å². The molecule has 328 valence electrons. The van der Waals surface area contributed by atoms with Gasteiger partial charge in [0.1, 0.15) is 11.2 Å². The van der Waals surface area contributed by atoms with Gasteiger partial charge in [-0.3, -0.25) is 4.98 Å². The Morgan fingerprint density at radius 3 is 1.81 bits per heavy atom. The minimum Gasteiger partial charge on any atom is -0.455 e. The second-order valence-electron chi connectivity index (χ2n) is 18.3. The van der Waals surface area contributed by atoms with Gasteiger partial charge in [-0.15, -0.1) is 0 Å². The smallest absolute Gasteiger partial charge is 0.145 e. The fraction of sp³-hybridized carbons (Fsp3) is 0.0469. The Labute approximate surface area is 405 Å². The first-order valence-corrected chi connectivity index (χ1v) is 23.5. The number of furan rings is 1. The molecule has 1 unspecified atom stereocenters. The van der Waals surface area contributed by atoms with Gasteiger partial charge in [0.05, 0.1) is 51.1 Å². The Balaban J connectivity index is 1.16. The van der Waals surface area contributed by atoms with Crippen LogP contribution in [0.15, 0.2) is 217 Å². The van der Waals surface area contributed by atoms with E-state index in [1.165, 1.54) is 0 Å². The highest BCUT2D eigenvalue weighted by molar-refractivity contribution is 6.20. The Kier molecular flexibility index (Phi) is 9.21. The molecule has 2 aromatic heterocycles. The number of hydrogen-bond donors (Lipinski definition) is 0. The number of benzene rings is 9. The fourth-order valence-electron chi connectivity index (χ4n) is 11.2. The van der Waals surface area contributed by atoms with Gasteiger partial charge in [-0.25, -0.2) is 0 Å². The Morgan fingerprint density at radius 1 is 0.471 bits per heavy atom. The normalized spacial score (nSPS) is 13.9. The first kappa shape index (κ1) is 40.8. The zero-order valence-corrected chi connectivity index (χ0v) is 38.4. The SMILES string of the molecule is Cc1ccc(N(c2ccc(C#N)cc2)c2cc3c(c4oc5ccccc5c24)-c2ccc(N(c4ccc(C#N)cc4)c4ccc(C)cc4-c4ccccc4)cc2C32c3ccccc3-c3ncccc32)cc1. The summed E-state index contributed by atoms with van der Waals surface area (Å²) >= 11 is 0. The summed E-state index contributed by atoms with van der Waals surface area (Å²) in [4.78, 5) is 9.81. The van der Waals surface area contributed by atoms with Crippen molar-refractivity contribution in [2.24, 2.45) is 0 Å². The lowest BCUT2D eigenvalue weighted by molar-refractivity contribution is 0.669. The Bertz CT molecular complexity index is 3940. The molecule has 9 aromatic carbocycles. The molecule has 11 aromatic rings. The number of fused-ring (bicyclic) bond motifs is 14. The average molecular weight is 896 g/mol. The third-order valence-electron chi connectivity index (χ3n) is 14.3. The molecule has 70 heavy (non-hydrogen) atoms. The van der Waals surface area contributed by atoms with E-state index >= 15 is 0 Å². The zero-order valence-electron chi connectivity index (χ0n) is 38.4. The number of pyridine rings is 1. The summed E-state index contributed by atoms with van der Waals surface area (Å²) in [6.45, 7) is 4.24. The van der Waals surface area contributed by atoms with E-state index in [1.807, 2.05) is 60.8 Å².